The minimum Gasteiger partial charge on any atom is -0.287 e. The number of aliphatic imine (C=N–C) groups is 1. The van der Waals surface area contributed by atoms with E-state index in [1.807, 2.05) is 36.1 Å². The van der Waals surface area contributed by atoms with Gasteiger partial charge in [-0.05, 0) is 54.8 Å². The number of nitrogens with zero attached hydrogens (tertiary/aromatic N) is 2. The number of thioether (sulfide) groups is 1. The summed E-state index contributed by atoms with van der Waals surface area (Å²) >= 11 is 4.99. The van der Waals surface area contributed by atoms with Gasteiger partial charge < -0.3 is 0 Å². The van der Waals surface area contributed by atoms with E-state index in [-0.39, 0.29) is 5.91 Å². The summed E-state index contributed by atoms with van der Waals surface area (Å²) in [5, 5.41) is 0.869. The van der Waals surface area contributed by atoms with Gasteiger partial charge in [-0.25, -0.2) is 0 Å². The molecule has 0 spiro atoms. The first kappa shape index (κ1) is 19.3. The zero-order valence-electron chi connectivity index (χ0n) is 14.6. The van der Waals surface area contributed by atoms with Crippen molar-refractivity contribution in [3.8, 4) is 0 Å². The van der Waals surface area contributed by atoms with Gasteiger partial charge in [0.15, 0.2) is 5.17 Å². The summed E-state index contributed by atoms with van der Waals surface area (Å²) in [4.78, 5) is 20.2. The summed E-state index contributed by atoms with van der Waals surface area (Å²) in [6.45, 7) is 7.87. The van der Waals surface area contributed by atoms with Crippen molar-refractivity contribution in [1.29, 1.82) is 0 Å². The molecule has 1 aromatic carbocycles. The molecule has 1 fully saturated rings. The number of amides is 1. The normalized spacial score (nSPS) is 18.6. The Bertz CT molecular complexity index is 637. The predicted molar refractivity (Wildman–Crippen MR) is 108 cm³/mol. The molecule has 0 saturated carbocycles. The van der Waals surface area contributed by atoms with Crippen LogP contribution in [-0.4, -0.2) is 29.1 Å². The van der Waals surface area contributed by atoms with Crippen molar-refractivity contribution < 1.29 is 4.79 Å². The van der Waals surface area contributed by atoms with Crippen LogP contribution in [0.3, 0.4) is 0 Å². The highest BCUT2D eigenvalue weighted by atomic mass is 79.9. The number of hydrogen-bond donors (Lipinski definition) is 0. The molecule has 1 aliphatic rings. The highest BCUT2D eigenvalue weighted by Crippen LogP contribution is 2.37. The lowest BCUT2D eigenvalue weighted by Gasteiger charge is -2.15. The first-order valence-corrected chi connectivity index (χ1v) is 10.2. The van der Waals surface area contributed by atoms with Crippen molar-refractivity contribution in [2.45, 2.75) is 46.5 Å². The molecule has 0 aliphatic carbocycles. The van der Waals surface area contributed by atoms with Crippen LogP contribution in [-0.2, 0) is 4.79 Å². The minimum atomic E-state index is 0.101. The Balaban J connectivity index is 2.30. The molecule has 1 aliphatic heterocycles. The van der Waals surface area contributed by atoms with Crippen molar-refractivity contribution in [3.63, 3.8) is 0 Å². The number of hydrogen-bond acceptors (Lipinski definition) is 3. The largest absolute Gasteiger partial charge is 0.287 e. The van der Waals surface area contributed by atoms with Crippen LogP contribution in [0.15, 0.2) is 38.6 Å². The molecule has 24 heavy (non-hydrogen) atoms. The molecular formula is C19H25BrN2OS. The summed E-state index contributed by atoms with van der Waals surface area (Å²) in [5.74, 6) is 0.101. The van der Waals surface area contributed by atoms with Gasteiger partial charge in [-0.3, -0.25) is 14.7 Å². The van der Waals surface area contributed by atoms with Crippen molar-refractivity contribution in [2.75, 3.05) is 13.1 Å². The summed E-state index contributed by atoms with van der Waals surface area (Å²) in [6.07, 6.45) is 4.25. The molecule has 0 bridgehead atoms. The molecule has 1 amide bonds. The number of halogens is 1. The lowest BCUT2D eigenvalue weighted by atomic mass is 10.1. The second-order valence-electron chi connectivity index (χ2n) is 5.89. The molecule has 1 saturated heterocycles. The van der Waals surface area contributed by atoms with E-state index in [1.165, 1.54) is 11.8 Å². The fourth-order valence-corrected chi connectivity index (χ4v) is 3.79. The van der Waals surface area contributed by atoms with Crippen molar-refractivity contribution in [3.05, 3.63) is 39.2 Å². The highest BCUT2D eigenvalue weighted by molar-refractivity contribution is 9.10. The molecule has 0 aromatic heterocycles. The second kappa shape index (κ2) is 9.42. The molecule has 0 N–H and O–H groups in total. The average Bonchev–Trinajstić information content (AvgIpc) is 2.89. The molecule has 0 unspecified atom stereocenters. The number of rotatable bonds is 7. The molecule has 0 radical (unpaired) electrons. The third kappa shape index (κ3) is 4.73. The van der Waals surface area contributed by atoms with Gasteiger partial charge in [0.05, 0.1) is 4.91 Å². The van der Waals surface area contributed by atoms with Crippen LogP contribution in [0.4, 0.5) is 0 Å². The topological polar surface area (TPSA) is 32.7 Å². The zero-order valence-corrected chi connectivity index (χ0v) is 17.0. The molecular weight excluding hydrogens is 384 g/mol. The summed E-state index contributed by atoms with van der Waals surface area (Å²) in [7, 11) is 0. The first-order valence-electron chi connectivity index (χ1n) is 8.59. The number of unbranched alkanes of at least 4 members (excludes halogenated alkanes) is 2. The lowest BCUT2D eigenvalue weighted by Crippen LogP contribution is -2.30. The van der Waals surface area contributed by atoms with E-state index in [0.717, 1.165) is 64.5 Å². The Morgan fingerprint density at radius 2 is 1.83 bits per heavy atom. The maximum absolute atomic E-state index is 12.9. The Labute approximate surface area is 157 Å². The van der Waals surface area contributed by atoms with Gasteiger partial charge in [0.1, 0.15) is 0 Å². The molecule has 3 nitrogen and oxygen atoms in total. The Hall–Kier alpha value is -1.07. The Kier molecular flexibility index (Phi) is 7.56. The van der Waals surface area contributed by atoms with Gasteiger partial charge in [0, 0.05) is 17.6 Å². The maximum Gasteiger partial charge on any atom is 0.267 e. The fourth-order valence-electron chi connectivity index (χ4n) is 2.43. The van der Waals surface area contributed by atoms with E-state index in [9.17, 15) is 4.79 Å². The van der Waals surface area contributed by atoms with Gasteiger partial charge in [0.25, 0.3) is 5.91 Å². The summed E-state index contributed by atoms with van der Waals surface area (Å²) in [6, 6.07) is 8.11. The van der Waals surface area contributed by atoms with Crippen LogP contribution in [0.25, 0.3) is 5.57 Å². The summed E-state index contributed by atoms with van der Waals surface area (Å²) in [5.41, 5.74) is 2.11. The Morgan fingerprint density at radius 3 is 2.46 bits per heavy atom. The van der Waals surface area contributed by atoms with Crippen LogP contribution in [0.2, 0.25) is 0 Å². The standard InChI is InChI=1S/C19H25BrN2OS/c1-4-6-12-21-19-22(13-7-5-2)18(23)17(24-19)14(3)15-8-10-16(20)11-9-15/h8-11H,4-7,12-13H2,1-3H3/b17-14-,21-19?. The van der Waals surface area contributed by atoms with Crippen LogP contribution in [0.5, 0.6) is 0 Å². The second-order valence-corrected chi connectivity index (χ2v) is 7.78. The van der Waals surface area contributed by atoms with Crippen LogP contribution in [0, 0.1) is 0 Å². The molecule has 0 atom stereocenters. The average molecular weight is 409 g/mol. The van der Waals surface area contributed by atoms with E-state index in [4.69, 9.17) is 0 Å². The van der Waals surface area contributed by atoms with Gasteiger partial charge in [-0.1, -0.05) is 54.8 Å². The van der Waals surface area contributed by atoms with E-state index >= 15 is 0 Å². The number of carbonyl (C=O) groups excluding carboxylic acids is 1. The molecule has 130 valence electrons. The quantitative estimate of drug-likeness (QED) is 0.427. The number of amidine groups is 1. The smallest absolute Gasteiger partial charge is 0.267 e. The minimum absolute atomic E-state index is 0.101. The van der Waals surface area contributed by atoms with Crippen LogP contribution in [0.1, 0.15) is 52.0 Å². The van der Waals surface area contributed by atoms with Crippen LogP contribution >= 0.6 is 27.7 Å². The van der Waals surface area contributed by atoms with Crippen molar-refractivity contribution >= 4 is 44.3 Å². The van der Waals surface area contributed by atoms with Crippen molar-refractivity contribution in [2.24, 2.45) is 4.99 Å². The van der Waals surface area contributed by atoms with Crippen LogP contribution < -0.4 is 0 Å². The third-order valence-corrected chi connectivity index (χ3v) is 5.72. The maximum atomic E-state index is 12.9. The first-order chi connectivity index (χ1) is 11.6. The van der Waals surface area contributed by atoms with Gasteiger partial charge in [0.2, 0.25) is 0 Å². The number of carbonyl (C=O) groups is 1. The van der Waals surface area contributed by atoms with E-state index < -0.39 is 0 Å². The van der Waals surface area contributed by atoms with Gasteiger partial charge >= 0.3 is 0 Å². The predicted octanol–water partition coefficient (Wildman–Crippen LogP) is 5.71. The third-order valence-electron chi connectivity index (χ3n) is 3.98. The van der Waals surface area contributed by atoms with Gasteiger partial charge in [-0.15, -0.1) is 0 Å². The van der Waals surface area contributed by atoms with E-state index in [2.05, 4.69) is 34.8 Å². The monoisotopic (exact) mass is 408 g/mol. The highest BCUT2D eigenvalue weighted by Gasteiger charge is 2.34. The Morgan fingerprint density at radius 1 is 1.17 bits per heavy atom. The fraction of sp³-hybridized carbons (Fsp3) is 0.474. The van der Waals surface area contributed by atoms with E-state index in [0.29, 0.717) is 0 Å². The zero-order chi connectivity index (χ0) is 17.5. The lowest BCUT2D eigenvalue weighted by molar-refractivity contribution is -0.122. The molecule has 2 rings (SSSR count). The van der Waals surface area contributed by atoms with Crippen molar-refractivity contribution in [1.82, 2.24) is 4.90 Å². The molecule has 5 heteroatoms. The molecule has 1 heterocycles. The summed E-state index contributed by atoms with van der Waals surface area (Å²) < 4.78 is 1.04. The number of allylic oxidation sites excluding steroid dienone is 1. The van der Waals surface area contributed by atoms with Gasteiger partial charge in [-0.2, -0.15) is 0 Å². The van der Waals surface area contributed by atoms with E-state index in [1.54, 1.807) is 0 Å². The molecule has 1 aromatic rings. The SMILES string of the molecule is CCCCN=C1S/C(=C(/C)c2ccc(Br)cc2)C(=O)N1CCCC. The number of benzene rings is 1.